The highest BCUT2D eigenvalue weighted by Gasteiger charge is 2.08. The van der Waals surface area contributed by atoms with Gasteiger partial charge < -0.3 is 11.1 Å². The molecule has 1 aromatic carbocycles. The fourth-order valence-electron chi connectivity index (χ4n) is 0.883. The van der Waals surface area contributed by atoms with Gasteiger partial charge in [-0.05, 0) is 35.0 Å². The number of nitrogens with two attached hydrogens (primary N) is 1. The molecule has 1 rings (SSSR count). The minimum atomic E-state index is -0.365. The fraction of sp³-hybridized carbons (Fsp3) is 0.222. The van der Waals surface area contributed by atoms with Crippen LogP contribution in [0.15, 0.2) is 28.7 Å². The minimum absolute atomic E-state index is 0.362. The van der Waals surface area contributed by atoms with Crippen LogP contribution in [0.3, 0.4) is 0 Å². The third-order valence-corrected chi connectivity index (χ3v) is 2.36. The number of para-hydroxylation sites is 1. The second-order valence-corrected chi connectivity index (χ2v) is 3.60. The van der Waals surface area contributed by atoms with Crippen molar-refractivity contribution in [1.29, 1.82) is 0 Å². The average molecular weight is 243 g/mol. The van der Waals surface area contributed by atoms with Gasteiger partial charge in [0.25, 0.3) is 0 Å². The maximum atomic E-state index is 10.8. The molecule has 70 valence electrons. The number of benzene rings is 1. The molecule has 0 heterocycles. The Morgan fingerprint density at radius 2 is 2.15 bits per heavy atom. The first-order valence-electron chi connectivity index (χ1n) is 3.91. The Balaban J connectivity index is 2.74. The van der Waals surface area contributed by atoms with Gasteiger partial charge in [0.2, 0.25) is 5.91 Å². The monoisotopic (exact) mass is 242 g/mol. The molecule has 4 heteroatoms. The molecule has 1 aromatic rings. The lowest BCUT2D eigenvalue weighted by molar-refractivity contribution is -0.118. The van der Waals surface area contributed by atoms with Crippen molar-refractivity contribution in [1.82, 2.24) is 0 Å². The van der Waals surface area contributed by atoms with E-state index in [-0.39, 0.29) is 11.9 Å². The number of anilines is 1. The molecule has 0 fully saturated rings. The van der Waals surface area contributed by atoms with Crippen LogP contribution in [0.4, 0.5) is 5.69 Å². The summed E-state index contributed by atoms with van der Waals surface area (Å²) in [5, 5.41) is 2.99. The van der Waals surface area contributed by atoms with Crippen molar-refractivity contribution < 1.29 is 4.79 Å². The number of primary amides is 1. The number of hydrogen-bond acceptors (Lipinski definition) is 2. The van der Waals surface area contributed by atoms with E-state index >= 15 is 0 Å². The van der Waals surface area contributed by atoms with Gasteiger partial charge in [0, 0.05) is 10.2 Å². The van der Waals surface area contributed by atoms with Crippen molar-refractivity contribution >= 4 is 27.5 Å². The standard InChI is InChI=1S/C9H11BrN2O/c1-6(9(11)13)12-8-5-3-2-4-7(8)10/h2-6,12H,1H3,(H2,11,13)/t6-/m0/s1. The van der Waals surface area contributed by atoms with E-state index in [1.54, 1.807) is 6.92 Å². The number of hydrogen-bond donors (Lipinski definition) is 2. The van der Waals surface area contributed by atoms with Crippen molar-refractivity contribution in [3.8, 4) is 0 Å². The number of rotatable bonds is 3. The molecular formula is C9H11BrN2O. The Labute approximate surface area is 85.4 Å². The van der Waals surface area contributed by atoms with Crippen LogP contribution in [0.25, 0.3) is 0 Å². The van der Waals surface area contributed by atoms with Crippen LogP contribution in [-0.2, 0) is 4.79 Å². The lowest BCUT2D eigenvalue weighted by Crippen LogP contribution is -2.32. The van der Waals surface area contributed by atoms with Crippen molar-refractivity contribution in [3.63, 3.8) is 0 Å². The Hall–Kier alpha value is -1.03. The molecule has 0 saturated heterocycles. The molecule has 0 aliphatic rings. The van der Waals surface area contributed by atoms with E-state index in [1.807, 2.05) is 24.3 Å². The van der Waals surface area contributed by atoms with Crippen LogP contribution in [0.5, 0.6) is 0 Å². The van der Waals surface area contributed by atoms with Crippen molar-refractivity contribution in [2.24, 2.45) is 5.73 Å². The van der Waals surface area contributed by atoms with Crippen molar-refractivity contribution in [3.05, 3.63) is 28.7 Å². The van der Waals surface area contributed by atoms with Gasteiger partial charge in [-0.3, -0.25) is 4.79 Å². The molecule has 0 bridgehead atoms. The molecule has 1 amide bonds. The predicted octanol–water partition coefficient (Wildman–Crippen LogP) is 1.73. The number of amides is 1. The second kappa shape index (κ2) is 4.28. The summed E-state index contributed by atoms with van der Waals surface area (Å²) in [6.07, 6.45) is 0. The van der Waals surface area contributed by atoms with Gasteiger partial charge in [-0.25, -0.2) is 0 Å². The summed E-state index contributed by atoms with van der Waals surface area (Å²) < 4.78 is 0.920. The van der Waals surface area contributed by atoms with E-state index in [2.05, 4.69) is 21.2 Å². The summed E-state index contributed by atoms with van der Waals surface area (Å²) in [6, 6.07) is 7.21. The van der Waals surface area contributed by atoms with Gasteiger partial charge in [-0.1, -0.05) is 12.1 Å². The van der Waals surface area contributed by atoms with E-state index in [0.29, 0.717) is 0 Å². The summed E-state index contributed by atoms with van der Waals surface area (Å²) in [6.45, 7) is 1.72. The molecule has 1 atom stereocenters. The Morgan fingerprint density at radius 3 is 2.69 bits per heavy atom. The summed E-state index contributed by atoms with van der Waals surface area (Å²) >= 11 is 3.36. The van der Waals surface area contributed by atoms with Crippen LogP contribution < -0.4 is 11.1 Å². The Morgan fingerprint density at radius 1 is 1.54 bits per heavy atom. The quantitative estimate of drug-likeness (QED) is 0.849. The molecule has 13 heavy (non-hydrogen) atoms. The van der Waals surface area contributed by atoms with Crippen molar-refractivity contribution in [2.75, 3.05) is 5.32 Å². The van der Waals surface area contributed by atoms with E-state index in [1.165, 1.54) is 0 Å². The van der Waals surface area contributed by atoms with Gasteiger partial charge in [0.1, 0.15) is 6.04 Å². The van der Waals surface area contributed by atoms with E-state index < -0.39 is 0 Å². The van der Waals surface area contributed by atoms with Crippen LogP contribution >= 0.6 is 15.9 Å². The molecule has 0 unspecified atom stereocenters. The lowest BCUT2D eigenvalue weighted by Gasteiger charge is -2.12. The lowest BCUT2D eigenvalue weighted by atomic mass is 10.2. The van der Waals surface area contributed by atoms with Gasteiger partial charge in [0.05, 0.1) is 0 Å². The van der Waals surface area contributed by atoms with Crippen LogP contribution in [-0.4, -0.2) is 11.9 Å². The van der Waals surface area contributed by atoms with Crippen LogP contribution in [0, 0.1) is 0 Å². The zero-order valence-corrected chi connectivity index (χ0v) is 8.84. The van der Waals surface area contributed by atoms with Gasteiger partial charge in [-0.2, -0.15) is 0 Å². The molecule has 0 spiro atoms. The molecule has 0 aliphatic heterocycles. The smallest absolute Gasteiger partial charge is 0.239 e. The highest BCUT2D eigenvalue weighted by Crippen LogP contribution is 2.21. The molecule has 0 saturated carbocycles. The maximum absolute atomic E-state index is 10.8. The topological polar surface area (TPSA) is 55.1 Å². The highest BCUT2D eigenvalue weighted by atomic mass is 79.9. The number of halogens is 1. The number of carbonyl (C=O) groups is 1. The van der Waals surface area contributed by atoms with E-state index in [4.69, 9.17) is 5.73 Å². The molecule has 0 aliphatic carbocycles. The molecule has 0 radical (unpaired) electrons. The molecule has 3 N–H and O–H groups in total. The minimum Gasteiger partial charge on any atom is -0.373 e. The second-order valence-electron chi connectivity index (χ2n) is 2.75. The first kappa shape index (κ1) is 10.1. The first-order valence-corrected chi connectivity index (χ1v) is 4.71. The first-order chi connectivity index (χ1) is 6.11. The zero-order chi connectivity index (χ0) is 9.84. The third-order valence-electron chi connectivity index (χ3n) is 1.67. The SMILES string of the molecule is C[C@H](Nc1ccccc1Br)C(N)=O. The molecule has 3 nitrogen and oxygen atoms in total. The Bertz CT molecular complexity index is 314. The number of nitrogens with one attached hydrogen (secondary N) is 1. The average Bonchev–Trinajstić information content (AvgIpc) is 2.08. The van der Waals surface area contributed by atoms with Crippen molar-refractivity contribution in [2.45, 2.75) is 13.0 Å². The van der Waals surface area contributed by atoms with Crippen LogP contribution in [0.1, 0.15) is 6.92 Å². The zero-order valence-electron chi connectivity index (χ0n) is 7.25. The van der Waals surface area contributed by atoms with Gasteiger partial charge >= 0.3 is 0 Å². The van der Waals surface area contributed by atoms with E-state index in [9.17, 15) is 4.79 Å². The fourth-order valence-corrected chi connectivity index (χ4v) is 1.28. The third kappa shape index (κ3) is 2.73. The molecule has 0 aromatic heterocycles. The summed E-state index contributed by atoms with van der Waals surface area (Å²) in [4.78, 5) is 10.8. The van der Waals surface area contributed by atoms with Crippen LogP contribution in [0.2, 0.25) is 0 Å². The predicted molar refractivity (Wildman–Crippen MR) is 56.4 cm³/mol. The highest BCUT2D eigenvalue weighted by molar-refractivity contribution is 9.10. The normalized spacial score (nSPS) is 12.2. The Kier molecular flexibility index (Phi) is 3.31. The summed E-state index contributed by atoms with van der Waals surface area (Å²) in [7, 11) is 0. The van der Waals surface area contributed by atoms with Gasteiger partial charge in [0.15, 0.2) is 0 Å². The maximum Gasteiger partial charge on any atom is 0.239 e. The van der Waals surface area contributed by atoms with Gasteiger partial charge in [-0.15, -0.1) is 0 Å². The van der Waals surface area contributed by atoms with E-state index in [0.717, 1.165) is 10.2 Å². The largest absolute Gasteiger partial charge is 0.373 e. The molecular weight excluding hydrogens is 232 g/mol. The summed E-state index contributed by atoms with van der Waals surface area (Å²) in [5.41, 5.74) is 5.99. The summed E-state index contributed by atoms with van der Waals surface area (Å²) in [5.74, 6) is -0.365. The number of carbonyl (C=O) groups excluding carboxylic acids is 1.